The number of nitrogens with two attached hydrogens (primary N) is 1. The zero-order chi connectivity index (χ0) is 19.2. The van der Waals surface area contributed by atoms with Crippen molar-refractivity contribution in [2.75, 3.05) is 0 Å². The van der Waals surface area contributed by atoms with E-state index in [2.05, 4.69) is 78.7 Å². The SMILES string of the molecule is Cc1c(CN)cc(B2OC(C)(C)C(C)(C)O2)c(C)c1C#C[Si](C)(C)C. The Balaban J connectivity index is 2.59. The van der Waals surface area contributed by atoms with Crippen molar-refractivity contribution < 1.29 is 9.31 Å². The van der Waals surface area contributed by atoms with Crippen LogP contribution in [0.5, 0.6) is 0 Å². The van der Waals surface area contributed by atoms with Crippen LogP contribution < -0.4 is 11.2 Å². The third-order valence-electron chi connectivity index (χ3n) is 5.28. The van der Waals surface area contributed by atoms with E-state index in [1.165, 1.54) is 5.56 Å². The summed E-state index contributed by atoms with van der Waals surface area (Å²) in [6.45, 7) is 19.8. The van der Waals surface area contributed by atoms with Gasteiger partial charge in [0.25, 0.3) is 0 Å². The maximum Gasteiger partial charge on any atom is 0.495 e. The lowest BCUT2D eigenvalue weighted by Crippen LogP contribution is -2.41. The van der Waals surface area contributed by atoms with E-state index in [0.717, 1.165) is 22.2 Å². The Hall–Kier alpha value is -1.06. The lowest BCUT2D eigenvalue weighted by atomic mass is 9.73. The van der Waals surface area contributed by atoms with Crippen LogP contribution in [0, 0.1) is 25.3 Å². The molecular weight excluding hydrogens is 325 g/mol. The van der Waals surface area contributed by atoms with Crippen LogP contribution in [0.15, 0.2) is 6.07 Å². The molecule has 25 heavy (non-hydrogen) atoms. The highest BCUT2D eigenvalue weighted by atomic mass is 28.3. The highest BCUT2D eigenvalue weighted by Gasteiger charge is 2.52. The van der Waals surface area contributed by atoms with Crippen molar-refractivity contribution in [1.82, 2.24) is 0 Å². The summed E-state index contributed by atoms with van der Waals surface area (Å²) in [4.78, 5) is 0. The van der Waals surface area contributed by atoms with Gasteiger partial charge in [-0.3, -0.25) is 0 Å². The first kappa shape index (κ1) is 20.3. The molecule has 1 aromatic carbocycles. The fourth-order valence-electron chi connectivity index (χ4n) is 2.85. The molecule has 136 valence electrons. The van der Waals surface area contributed by atoms with Gasteiger partial charge in [-0.1, -0.05) is 31.6 Å². The molecule has 2 N–H and O–H groups in total. The van der Waals surface area contributed by atoms with Gasteiger partial charge in [-0.2, -0.15) is 0 Å². The van der Waals surface area contributed by atoms with E-state index >= 15 is 0 Å². The third kappa shape index (κ3) is 4.03. The van der Waals surface area contributed by atoms with Gasteiger partial charge >= 0.3 is 7.12 Å². The highest BCUT2D eigenvalue weighted by Crippen LogP contribution is 2.37. The van der Waals surface area contributed by atoms with Gasteiger partial charge in [-0.15, -0.1) is 5.54 Å². The van der Waals surface area contributed by atoms with Crippen LogP contribution in [0.4, 0.5) is 0 Å². The van der Waals surface area contributed by atoms with Crippen molar-refractivity contribution >= 4 is 20.7 Å². The quantitative estimate of drug-likeness (QED) is 0.653. The van der Waals surface area contributed by atoms with Crippen molar-refractivity contribution in [3.05, 3.63) is 28.3 Å². The third-order valence-corrected chi connectivity index (χ3v) is 6.16. The van der Waals surface area contributed by atoms with Crippen molar-refractivity contribution in [2.24, 2.45) is 5.73 Å². The lowest BCUT2D eigenvalue weighted by molar-refractivity contribution is 0.00578. The van der Waals surface area contributed by atoms with Crippen LogP contribution in [-0.2, 0) is 15.9 Å². The molecule has 3 nitrogen and oxygen atoms in total. The minimum Gasteiger partial charge on any atom is -0.399 e. The molecule has 0 saturated carbocycles. The van der Waals surface area contributed by atoms with Crippen LogP contribution >= 0.6 is 0 Å². The summed E-state index contributed by atoms with van der Waals surface area (Å²) in [5, 5.41) is 0. The van der Waals surface area contributed by atoms with E-state index in [9.17, 15) is 0 Å². The minimum atomic E-state index is -1.46. The second-order valence-corrected chi connectivity index (χ2v) is 13.8. The van der Waals surface area contributed by atoms with Gasteiger partial charge in [0.05, 0.1) is 11.2 Å². The summed E-state index contributed by atoms with van der Waals surface area (Å²) in [6, 6.07) is 2.13. The largest absolute Gasteiger partial charge is 0.495 e. The van der Waals surface area contributed by atoms with E-state index in [0.29, 0.717) is 6.54 Å². The van der Waals surface area contributed by atoms with E-state index < -0.39 is 8.07 Å². The molecule has 0 bridgehead atoms. The van der Waals surface area contributed by atoms with Gasteiger partial charge in [0.15, 0.2) is 0 Å². The molecule has 0 aliphatic carbocycles. The molecule has 5 heteroatoms. The Kier molecular flexibility index (Phi) is 5.34. The summed E-state index contributed by atoms with van der Waals surface area (Å²) in [5.41, 5.74) is 14.3. The minimum absolute atomic E-state index is 0.359. The van der Waals surface area contributed by atoms with Gasteiger partial charge in [0.1, 0.15) is 8.07 Å². The molecule has 0 radical (unpaired) electrons. The van der Waals surface area contributed by atoms with Crippen molar-refractivity contribution in [1.29, 1.82) is 0 Å². The Labute approximate surface area is 154 Å². The van der Waals surface area contributed by atoms with E-state index in [-0.39, 0.29) is 18.3 Å². The van der Waals surface area contributed by atoms with Crippen LogP contribution in [0.3, 0.4) is 0 Å². The van der Waals surface area contributed by atoms with Crippen LogP contribution in [0.1, 0.15) is 49.9 Å². The molecule has 2 rings (SSSR count). The van der Waals surface area contributed by atoms with Gasteiger partial charge in [0, 0.05) is 12.1 Å². The average Bonchev–Trinajstić information content (AvgIpc) is 2.66. The molecule has 0 spiro atoms. The van der Waals surface area contributed by atoms with Crippen molar-refractivity contribution in [3.8, 4) is 11.5 Å². The maximum atomic E-state index is 6.27. The maximum absolute atomic E-state index is 6.27. The summed E-state index contributed by atoms with van der Waals surface area (Å²) < 4.78 is 12.5. The number of rotatable bonds is 2. The van der Waals surface area contributed by atoms with E-state index in [1.807, 2.05) is 0 Å². The first-order valence-corrected chi connectivity index (χ1v) is 12.5. The first-order valence-electron chi connectivity index (χ1n) is 9.01. The predicted octanol–water partition coefficient (Wildman–Crippen LogP) is 3.29. The van der Waals surface area contributed by atoms with E-state index in [1.54, 1.807) is 0 Å². The van der Waals surface area contributed by atoms with Gasteiger partial charge in [0.2, 0.25) is 0 Å². The molecule has 0 unspecified atom stereocenters. The molecular formula is C20H32BNO2Si. The number of hydrogen-bond acceptors (Lipinski definition) is 3. The lowest BCUT2D eigenvalue weighted by Gasteiger charge is -2.32. The Morgan fingerprint density at radius 2 is 1.56 bits per heavy atom. The second kappa shape index (κ2) is 6.59. The molecule has 0 atom stereocenters. The average molecular weight is 357 g/mol. The molecule has 1 aliphatic rings. The summed E-state index contributed by atoms with van der Waals surface area (Å²) in [5.74, 6) is 3.45. The Morgan fingerprint density at radius 1 is 1.04 bits per heavy atom. The van der Waals surface area contributed by atoms with E-state index in [4.69, 9.17) is 15.0 Å². The zero-order valence-electron chi connectivity index (χ0n) is 17.3. The summed E-state index contributed by atoms with van der Waals surface area (Å²) in [6.07, 6.45) is 0. The number of benzene rings is 1. The molecule has 1 aromatic rings. The van der Waals surface area contributed by atoms with Gasteiger partial charge in [-0.25, -0.2) is 0 Å². The van der Waals surface area contributed by atoms with Gasteiger partial charge < -0.3 is 15.0 Å². The topological polar surface area (TPSA) is 44.5 Å². The normalized spacial score (nSPS) is 18.9. The summed E-state index contributed by atoms with van der Waals surface area (Å²) >= 11 is 0. The van der Waals surface area contributed by atoms with Crippen LogP contribution in [0.25, 0.3) is 0 Å². The number of hydrogen-bond donors (Lipinski definition) is 1. The molecule has 0 aromatic heterocycles. The zero-order valence-corrected chi connectivity index (χ0v) is 18.3. The monoisotopic (exact) mass is 357 g/mol. The highest BCUT2D eigenvalue weighted by molar-refractivity contribution is 6.83. The van der Waals surface area contributed by atoms with Crippen molar-refractivity contribution in [2.45, 2.75) is 78.9 Å². The smallest absolute Gasteiger partial charge is 0.399 e. The predicted molar refractivity (Wildman–Crippen MR) is 110 cm³/mol. The van der Waals surface area contributed by atoms with Crippen LogP contribution in [0.2, 0.25) is 19.6 Å². The fourth-order valence-corrected chi connectivity index (χ4v) is 3.35. The van der Waals surface area contributed by atoms with Gasteiger partial charge in [-0.05, 0) is 63.7 Å². The summed E-state index contributed by atoms with van der Waals surface area (Å²) in [7, 11) is -1.85. The standard InChI is InChI=1S/C20H32BNO2Si/c1-14-16(13-22)12-18(15(2)17(14)10-11-25(7,8)9)21-23-19(3,4)20(5,6)24-21/h12H,13,22H2,1-9H3. The molecule has 0 amide bonds. The molecule has 1 aliphatic heterocycles. The van der Waals surface area contributed by atoms with Crippen molar-refractivity contribution in [3.63, 3.8) is 0 Å². The fraction of sp³-hybridized carbons (Fsp3) is 0.600. The van der Waals surface area contributed by atoms with Crippen LogP contribution in [-0.4, -0.2) is 26.4 Å². The molecule has 1 heterocycles. The Bertz CT molecular complexity index is 723. The molecule has 1 fully saturated rings. The first-order chi connectivity index (χ1) is 11.3. The Morgan fingerprint density at radius 3 is 2.00 bits per heavy atom. The molecule has 1 saturated heterocycles. The second-order valence-electron chi connectivity index (χ2n) is 9.04.